The van der Waals surface area contributed by atoms with Gasteiger partial charge in [0.05, 0.1) is 16.6 Å². The molecule has 1 aromatic heterocycles. The molecule has 0 aliphatic rings. The van der Waals surface area contributed by atoms with Gasteiger partial charge in [-0.2, -0.15) is 9.78 Å². The summed E-state index contributed by atoms with van der Waals surface area (Å²) < 4.78 is 1.25. The van der Waals surface area contributed by atoms with Crippen molar-refractivity contribution in [3.63, 3.8) is 0 Å². The van der Waals surface area contributed by atoms with E-state index >= 15 is 0 Å². The molecule has 0 aliphatic heterocycles. The number of nitrogen functional groups attached to an aromatic ring is 1. The van der Waals surface area contributed by atoms with Crippen LogP contribution in [0.2, 0.25) is 0 Å². The Labute approximate surface area is 127 Å². The predicted molar refractivity (Wildman–Crippen MR) is 89.2 cm³/mol. The first-order valence-electron chi connectivity index (χ1n) is 6.95. The highest BCUT2D eigenvalue weighted by Crippen LogP contribution is 2.15. The fourth-order valence-electron chi connectivity index (χ4n) is 2.33. The minimum absolute atomic E-state index is 0.198. The van der Waals surface area contributed by atoms with Gasteiger partial charge in [-0.05, 0) is 38.1 Å². The number of nitrogens with zero attached hydrogens (tertiary/aromatic N) is 3. The first-order chi connectivity index (χ1) is 10.6. The number of anilines is 1. The normalized spacial score (nSPS) is 11.8. The fraction of sp³-hybridized carbons (Fsp3) is 0.118. The smallest absolute Gasteiger partial charge is 0.281 e. The number of aromatic nitrogens is 2. The molecule has 3 aromatic rings. The lowest BCUT2D eigenvalue weighted by Crippen LogP contribution is -2.18. The molecule has 3 rings (SSSR count). The largest absolute Gasteiger partial charge is 0.398 e. The molecule has 0 spiro atoms. The Morgan fingerprint density at radius 1 is 1.23 bits per heavy atom. The molecule has 0 aliphatic carbocycles. The van der Waals surface area contributed by atoms with E-state index < -0.39 is 0 Å². The fourth-order valence-corrected chi connectivity index (χ4v) is 2.33. The molecule has 2 N–H and O–H groups in total. The van der Waals surface area contributed by atoms with Gasteiger partial charge in [-0.1, -0.05) is 23.8 Å². The highest BCUT2D eigenvalue weighted by Gasteiger charge is 2.06. The van der Waals surface area contributed by atoms with Crippen LogP contribution in [0.25, 0.3) is 10.9 Å². The summed E-state index contributed by atoms with van der Waals surface area (Å²) in [7, 11) is 0. The second-order valence-electron chi connectivity index (χ2n) is 5.19. The van der Waals surface area contributed by atoms with Crippen molar-refractivity contribution in [1.29, 1.82) is 0 Å². The van der Waals surface area contributed by atoms with Crippen LogP contribution in [-0.4, -0.2) is 15.4 Å². The van der Waals surface area contributed by atoms with Gasteiger partial charge in [0.15, 0.2) is 0 Å². The minimum Gasteiger partial charge on any atom is -0.398 e. The van der Waals surface area contributed by atoms with Gasteiger partial charge in [-0.15, -0.1) is 0 Å². The number of hydrogen-bond acceptors (Lipinski definition) is 4. The molecule has 1 heterocycles. The van der Waals surface area contributed by atoms with Gasteiger partial charge >= 0.3 is 0 Å². The summed E-state index contributed by atoms with van der Waals surface area (Å²) in [5.41, 5.74) is 9.66. The molecule has 0 atom stereocenters. The lowest BCUT2D eigenvalue weighted by atomic mass is 10.1. The van der Waals surface area contributed by atoms with Crippen LogP contribution in [0.15, 0.2) is 58.7 Å². The standard InChI is InChI=1S/C17H16N4O/c1-11-7-8-15(18)14(9-11)12(2)20-21-10-19-16-6-4-3-5-13(16)17(21)22/h3-10H,18H2,1-2H3/b20-12+. The van der Waals surface area contributed by atoms with Crippen molar-refractivity contribution in [3.8, 4) is 0 Å². The van der Waals surface area contributed by atoms with Crippen LogP contribution in [0.4, 0.5) is 5.69 Å². The summed E-state index contributed by atoms with van der Waals surface area (Å²) in [6.45, 7) is 3.81. The number of hydrogen-bond donors (Lipinski definition) is 1. The van der Waals surface area contributed by atoms with Crippen LogP contribution >= 0.6 is 0 Å². The van der Waals surface area contributed by atoms with E-state index in [-0.39, 0.29) is 5.56 Å². The topological polar surface area (TPSA) is 73.3 Å². The lowest BCUT2D eigenvalue weighted by Gasteiger charge is -2.07. The highest BCUT2D eigenvalue weighted by atomic mass is 16.1. The van der Waals surface area contributed by atoms with Crippen molar-refractivity contribution in [1.82, 2.24) is 9.66 Å². The Hall–Kier alpha value is -2.95. The SMILES string of the molecule is C/C(=N\n1cnc2ccccc2c1=O)c1cc(C)ccc1N. The van der Waals surface area contributed by atoms with Crippen LogP contribution in [0.3, 0.4) is 0 Å². The Kier molecular flexibility index (Phi) is 3.47. The predicted octanol–water partition coefficient (Wildman–Crippen LogP) is 2.56. The molecular formula is C17H16N4O. The summed E-state index contributed by atoms with van der Waals surface area (Å²) in [4.78, 5) is 16.7. The second-order valence-corrected chi connectivity index (χ2v) is 5.19. The Balaban J connectivity index is 2.14. The molecule has 0 radical (unpaired) electrons. The third kappa shape index (κ3) is 2.48. The number of fused-ring (bicyclic) bond motifs is 1. The van der Waals surface area contributed by atoms with Gasteiger partial charge in [0.25, 0.3) is 5.56 Å². The maximum atomic E-state index is 12.4. The number of aryl methyl sites for hydroxylation is 1. The van der Waals surface area contributed by atoms with Gasteiger partial charge in [0.2, 0.25) is 0 Å². The molecule has 110 valence electrons. The first kappa shape index (κ1) is 14.0. The third-order valence-electron chi connectivity index (χ3n) is 3.51. The molecule has 22 heavy (non-hydrogen) atoms. The van der Waals surface area contributed by atoms with Gasteiger partial charge < -0.3 is 5.73 Å². The van der Waals surface area contributed by atoms with E-state index in [2.05, 4.69) is 10.1 Å². The molecular weight excluding hydrogens is 276 g/mol. The Bertz CT molecular complexity index is 941. The molecule has 0 fully saturated rings. The van der Waals surface area contributed by atoms with E-state index in [0.29, 0.717) is 22.3 Å². The zero-order valence-corrected chi connectivity index (χ0v) is 12.4. The lowest BCUT2D eigenvalue weighted by molar-refractivity contribution is 0.811. The minimum atomic E-state index is -0.198. The molecule has 0 unspecified atom stereocenters. The number of para-hydroxylation sites is 1. The summed E-state index contributed by atoms with van der Waals surface area (Å²) in [6.07, 6.45) is 1.43. The van der Waals surface area contributed by atoms with Gasteiger partial charge in [0, 0.05) is 11.3 Å². The number of rotatable bonds is 2. The molecule has 0 saturated heterocycles. The van der Waals surface area contributed by atoms with E-state index in [4.69, 9.17) is 5.73 Å². The average molecular weight is 292 g/mol. The summed E-state index contributed by atoms with van der Waals surface area (Å²) >= 11 is 0. The Morgan fingerprint density at radius 2 is 2.00 bits per heavy atom. The van der Waals surface area contributed by atoms with Crippen molar-refractivity contribution in [2.24, 2.45) is 5.10 Å². The molecule has 2 aromatic carbocycles. The maximum Gasteiger partial charge on any atom is 0.281 e. The molecule has 0 saturated carbocycles. The van der Waals surface area contributed by atoms with Crippen LogP contribution in [0, 0.1) is 6.92 Å². The van der Waals surface area contributed by atoms with Crippen molar-refractivity contribution in [2.75, 3.05) is 5.73 Å². The van der Waals surface area contributed by atoms with Crippen LogP contribution in [0.5, 0.6) is 0 Å². The van der Waals surface area contributed by atoms with E-state index in [1.165, 1.54) is 11.0 Å². The maximum absolute atomic E-state index is 12.4. The summed E-state index contributed by atoms with van der Waals surface area (Å²) in [5.74, 6) is 0. The third-order valence-corrected chi connectivity index (χ3v) is 3.51. The zero-order valence-electron chi connectivity index (χ0n) is 12.4. The van der Waals surface area contributed by atoms with Crippen molar-refractivity contribution >= 4 is 22.3 Å². The van der Waals surface area contributed by atoms with E-state index in [1.54, 1.807) is 12.1 Å². The summed E-state index contributed by atoms with van der Waals surface area (Å²) in [6, 6.07) is 12.9. The first-order valence-corrected chi connectivity index (χ1v) is 6.95. The summed E-state index contributed by atoms with van der Waals surface area (Å²) in [5, 5.41) is 4.90. The number of benzene rings is 2. The van der Waals surface area contributed by atoms with E-state index in [0.717, 1.165) is 11.1 Å². The van der Waals surface area contributed by atoms with E-state index in [9.17, 15) is 4.79 Å². The van der Waals surface area contributed by atoms with Gasteiger partial charge in [0.1, 0.15) is 6.33 Å². The quantitative estimate of drug-likeness (QED) is 0.582. The van der Waals surface area contributed by atoms with Gasteiger partial charge in [-0.3, -0.25) is 4.79 Å². The van der Waals surface area contributed by atoms with E-state index in [1.807, 2.05) is 44.2 Å². The van der Waals surface area contributed by atoms with Crippen LogP contribution in [-0.2, 0) is 0 Å². The Morgan fingerprint density at radius 3 is 2.82 bits per heavy atom. The van der Waals surface area contributed by atoms with Crippen LogP contribution < -0.4 is 11.3 Å². The monoisotopic (exact) mass is 292 g/mol. The highest BCUT2D eigenvalue weighted by molar-refractivity contribution is 6.03. The van der Waals surface area contributed by atoms with Crippen molar-refractivity contribution in [2.45, 2.75) is 13.8 Å². The van der Waals surface area contributed by atoms with Crippen molar-refractivity contribution < 1.29 is 0 Å². The molecule has 0 bridgehead atoms. The number of nitrogens with two attached hydrogens (primary N) is 1. The molecule has 5 nitrogen and oxygen atoms in total. The molecule has 0 amide bonds. The average Bonchev–Trinajstić information content (AvgIpc) is 2.52. The second kappa shape index (κ2) is 5.44. The zero-order chi connectivity index (χ0) is 15.7. The van der Waals surface area contributed by atoms with Crippen molar-refractivity contribution in [3.05, 3.63) is 70.3 Å². The van der Waals surface area contributed by atoms with Gasteiger partial charge in [-0.25, -0.2) is 4.98 Å². The molecule has 5 heteroatoms. The van der Waals surface area contributed by atoms with Crippen LogP contribution in [0.1, 0.15) is 18.1 Å².